The number of anilines is 1. The van der Waals surface area contributed by atoms with Crippen molar-refractivity contribution in [1.29, 1.82) is 0 Å². The number of fused-ring (bicyclic) bond motifs is 3. The third-order valence-electron chi connectivity index (χ3n) is 3.83. The number of amides is 1. The van der Waals surface area contributed by atoms with E-state index < -0.39 is 0 Å². The SMILES string of the molecule is CCC(CC)C(=O)Nc1nn(C)c2c1sc1ncccc12. The van der Waals surface area contributed by atoms with Gasteiger partial charge in [0.15, 0.2) is 5.82 Å². The van der Waals surface area contributed by atoms with Crippen molar-refractivity contribution in [2.75, 3.05) is 5.32 Å². The highest BCUT2D eigenvalue weighted by Gasteiger charge is 2.20. The molecular weight excluding hydrogens is 284 g/mol. The molecule has 0 unspecified atom stereocenters. The lowest BCUT2D eigenvalue weighted by atomic mass is 10.0. The molecule has 0 saturated heterocycles. The average molecular weight is 302 g/mol. The van der Waals surface area contributed by atoms with E-state index in [1.807, 2.05) is 37.7 Å². The zero-order valence-electron chi connectivity index (χ0n) is 12.4. The Labute approximate surface area is 127 Å². The fourth-order valence-electron chi connectivity index (χ4n) is 2.61. The number of hydrogen-bond acceptors (Lipinski definition) is 4. The molecule has 0 aliphatic carbocycles. The molecule has 3 aromatic rings. The van der Waals surface area contributed by atoms with E-state index in [0.29, 0.717) is 5.82 Å². The first-order valence-corrected chi connectivity index (χ1v) is 7.98. The van der Waals surface area contributed by atoms with E-state index in [-0.39, 0.29) is 11.8 Å². The molecular formula is C15H18N4OS. The summed E-state index contributed by atoms with van der Waals surface area (Å²) >= 11 is 1.57. The molecule has 0 aliphatic heterocycles. The zero-order valence-corrected chi connectivity index (χ0v) is 13.2. The number of aromatic nitrogens is 3. The van der Waals surface area contributed by atoms with Crippen molar-refractivity contribution in [3.63, 3.8) is 0 Å². The maximum absolute atomic E-state index is 12.3. The Morgan fingerprint density at radius 1 is 1.43 bits per heavy atom. The van der Waals surface area contributed by atoms with E-state index in [4.69, 9.17) is 0 Å². The number of thiophene rings is 1. The Balaban J connectivity index is 2.05. The van der Waals surface area contributed by atoms with Crippen molar-refractivity contribution >= 4 is 43.5 Å². The normalized spacial score (nSPS) is 11.6. The van der Waals surface area contributed by atoms with Gasteiger partial charge in [0.2, 0.25) is 5.91 Å². The molecule has 3 aromatic heterocycles. The van der Waals surface area contributed by atoms with Crippen molar-refractivity contribution in [2.24, 2.45) is 13.0 Å². The summed E-state index contributed by atoms with van der Waals surface area (Å²) in [6, 6.07) is 3.96. The minimum absolute atomic E-state index is 0.0366. The van der Waals surface area contributed by atoms with Crippen LogP contribution < -0.4 is 5.32 Å². The number of nitrogens with one attached hydrogen (secondary N) is 1. The lowest BCUT2D eigenvalue weighted by Crippen LogP contribution is -2.22. The van der Waals surface area contributed by atoms with Crippen LogP contribution in [0.25, 0.3) is 20.4 Å². The molecule has 21 heavy (non-hydrogen) atoms. The van der Waals surface area contributed by atoms with Crippen molar-refractivity contribution in [1.82, 2.24) is 14.8 Å². The number of nitrogens with zero attached hydrogens (tertiary/aromatic N) is 3. The Bertz CT molecular complexity index is 801. The van der Waals surface area contributed by atoms with Crippen LogP contribution in [0.1, 0.15) is 26.7 Å². The lowest BCUT2D eigenvalue weighted by Gasteiger charge is -2.10. The molecule has 1 amide bonds. The molecule has 0 aromatic carbocycles. The molecule has 0 spiro atoms. The van der Waals surface area contributed by atoms with Crippen LogP contribution in [-0.2, 0) is 11.8 Å². The van der Waals surface area contributed by atoms with E-state index in [9.17, 15) is 4.79 Å². The summed E-state index contributed by atoms with van der Waals surface area (Å²) in [5.74, 6) is 0.729. The van der Waals surface area contributed by atoms with Gasteiger partial charge in [-0.25, -0.2) is 4.98 Å². The minimum Gasteiger partial charge on any atom is -0.308 e. The summed E-state index contributed by atoms with van der Waals surface area (Å²) in [6.45, 7) is 4.07. The number of carbonyl (C=O) groups excluding carboxylic acids is 1. The van der Waals surface area contributed by atoms with Gasteiger partial charge in [-0.05, 0) is 25.0 Å². The van der Waals surface area contributed by atoms with Gasteiger partial charge >= 0.3 is 0 Å². The molecule has 3 heterocycles. The van der Waals surface area contributed by atoms with Crippen molar-refractivity contribution in [3.8, 4) is 0 Å². The zero-order chi connectivity index (χ0) is 15.0. The van der Waals surface area contributed by atoms with Gasteiger partial charge in [-0.15, -0.1) is 11.3 Å². The molecule has 0 aliphatic rings. The number of hydrogen-bond donors (Lipinski definition) is 1. The van der Waals surface area contributed by atoms with Crippen LogP contribution in [0.3, 0.4) is 0 Å². The molecule has 6 heteroatoms. The van der Waals surface area contributed by atoms with Gasteiger partial charge in [0.25, 0.3) is 0 Å². The maximum Gasteiger partial charge on any atom is 0.228 e. The van der Waals surface area contributed by atoms with E-state index in [0.717, 1.165) is 33.3 Å². The van der Waals surface area contributed by atoms with Gasteiger partial charge in [-0.2, -0.15) is 5.10 Å². The summed E-state index contributed by atoms with van der Waals surface area (Å²) in [7, 11) is 1.90. The summed E-state index contributed by atoms with van der Waals surface area (Å²) in [4.78, 5) is 17.6. The van der Waals surface area contributed by atoms with Crippen molar-refractivity contribution < 1.29 is 4.79 Å². The first-order chi connectivity index (χ1) is 10.2. The van der Waals surface area contributed by atoms with Crippen LogP contribution in [-0.4, -0.2) is 20.7 Å². The number of carbonyl (C=O) groups is 1. The second-order valence-electron chi connectivity index (χ2n) is 5.11. The maximum atomic E-state index is 12.3. The minimum atomic E-state index is 0.0366. The molecule has 0 saturated carbocycles. The van der Waals surface area contributed by atoms with Gasteiger partial charge in [0.1, 0.15) is 4.83 Å². The summed E-state index contributed by atoms with van der Waals surface area (Å²) in [5.41, 5.74) is 1.03. The average Bonchev–Trinajstić information content (AvgIpc) is 2.99. The van der Waals surface area contributed by atoms with E-state index in [1.165, 1.54) is 0 Å². The molecule has 110 valence electrons. The highest BCUT2D eigenvalue weighted by molar-refractivity contribution is 7.26. The van der Waals surface area contributed by atoms with Crippen LogP contribution in [0.15, 0.2) is 18.3 Å². The highest BCUT2D eigenvalue weighted by Crippen LogP contribution is 2.36. The molecule has 0 fully saturated rings. The Morgan fingerprint density at radius 2 is 2.19 bits per heavy atom. The molecule has 0 atom stereocenters. The number of pyridine rings is 1. The first-order valence-electron chi connectivity index (χ1n) is 7.16. The van der Waals surface area contributed by atoms with E-state index >= 15 is 0 Å². The van der Waals surface area contributed by atoms with Crippen molar-refractivity contribution in [2.45, 2.75) is 26.7 Å². The molecule has 1 N–H and O–H groups in total. The summed E-state index contributed by atoms with van der Waals surface area (Å²) in [5, 5.41) is 8.52. The Morgan fingerprint density at radius 3 is 2.90 bits per heavy atom. The Kier molecular flexibility index (Phi) is 3.63. The monoisotopic (exact) mass is 302 g/mol. The first kappa shape index (κ1) is 14.0. The van der Waals surface area contributed by atoms with Gasteiger partial charge in [-0.3, -0.25) is 9.48 Å². The lowest BCUT2D eigenvalue weighted by molar-refractivity contribution is -0.120. The van der Waals surface area contributed by atoms with Crippen LogP contribution in [0.4, 0.5) is 5.82 Å². The van der Waals surface area contributed by atoms with Crippen LogP contribution in [0.2, 0.25) is 0 Å². The predicted molar refractivity (Wildman–Crippen MR) is 86.6 cm³/mol. The van der Waals surface area contributed by atoms with Gasteiger partial charge in [0, 0.05) is 24.5 Å². The fourth-order valence-corrected chi connectivity index (χ4v) is 3.72. The number of rotatable bonds is 4. The highest BCUT2D eigenvalue weighted by atomic mass is 32.1. The molecule has 5 nitrogen and oxygen atoms in total. The summed E-state index contributed by atoms with van der Waals surface area (Å²) < 4.78 is 2.81. The third kappa shape index (κ3) is 2.29. The largest absolute Gasteiger partial charge is 0.308 e. The van der Waals surface area contributed by atoms with Gasteiger partial charge < -0.3 is 5.32 Å². The predicted octanol–water partition coefficient (Wildman–Crippen LogP) is 3.56. The van der Waals surface area contributed by atoms with Crippen LogP contribution in [0, 0.1) is 5.92 Å². The van der Waals surface area contributed by atoms with Crippen molar-refractivity contribution in [3.05, 3.63) is 18.3 Å². The summed E-state index contributed by atoms with van der Waals surface area (Å²) in [6.07, 6.45) is 3.46. The van der Waals surface area contributed by atoms with E-state index in [1.54, 1.807) is 17.5 Å². The van der Waals surface area contributed by atoms with Crippen LogP contribution in [0.5, 0.6) is 0 Å². The smallest absolute Gasteiger partial charge is 0.228 e. The van der Waals surface area contributed by atoms with Gasteiger partial charge in [-0.1, -0.05) is 13.8 Å². The second-order valence-corrected chi connectivity index (χ2v) is 6.11. The quantitative estimate of drug-likeness (QED) is 0.801. The second kappa shape index (κ2) is 5.44. The molecule has 0 radical (unpaired) electrons. The number of aryl methyl sites for hydroxylation is 1. The molecule has 3 rings (SSSR count). The van der Waals surface area contributed by atoms with Gasteiger partial charge in [0.05, 0.1) is 10.2 Å². The van der Waals surface area contributed by atoms with E-state index in [2.05, 4.69) is 15.4 Å². The Hall–Kier alpha value is -1.95. The standard InChI is InChI=1S/C15H18N4OS/c1-4-9(5-2)14(20)17-13-12-11(19(3)18-13)10-7-6-8-16-15(10)21-12/h6-9H,4-5H2,1-3H3,(H,17,18,20). The fraction of sp³-hybridized carbons (Fsp3) is 0.400. The topological polar surface area (TPSA) is 59.8 Å². The third-order valence-corrected chi connectivity index (χ3v) is 4.94. The van der Waals surface area contributed by atoms with Crippen LogP contribution >= 0.6 is 11.3 Å². The molecule has 0 bridgehead atoms.